The molecule has 1 N–H and O–H groups in total. The lowest BCUT2D eigenvalue weighted by molar-refractivity contribution is 0.102. The Morgan fingerprint density at radius 2 is 1.97 bits per heavy atom. The number of halogens is 1. The van der Waals surface area contributed by atoms with Crippen LogP contribution in [0.5, 0.6) is 0 Å². The SMILES string of the molecule is CC1CCN(Cc2ccc(NC(=O)c3ncoc3-c3cccc(F)c3)cc2)CC1. The van der Waals surface area contributed by atoms with E-state index < -0.39 is 11.7 Å². The Labute approximate surface area is 169 Å². The van der Waals surface area contributed by atoms with Crippen molar-refractivity contribution in [2.75, 3.05) is 18.4 Å². The van der Waals surface area contributed by atoms with Crippen molar-refractivity contribution >= 4 is 11.6 Å². The number of benzene rings is 2. The average molecular weight is 393 g/mol. The van der Waals surface area contributed by atoms with Crippen LogP contribution in [0.15, 0.2) is 59.3 Å². The van der Waals surface area contributed by atoms with Crippen LogP contribution in [0.3, 0.4) is 0 Å². The van der Waals surface area contributed by atoms with Crippen LogP contribution in [-0.2, 0) is 6.54 Å². The molecule has 1 fully saturated rings. The van der Waals surface area contributed by atoms with Gasteiger partial charge in [-0.1, -0.05) is 31.2 Å². The summed E-state index contributed by atoms with van der Waals surface area (Å²) in [7, 11) is 0. The molecule has 0 spiro atoms. The predicted octanol–water partition coefficient (Wildman–Crippen LogP) is 4.96. The average Bonchev–Trinajstić information content (AvgIpc) is 3.21. The number of aromatic nitrogens is 1. The van der Waals surface area contributed by atoms with Gasteiger partial charge in [-0.3, -0.25) is 9.69 Å². The molecule has 1 amide bonds. The summed E-state index contributed by atoms with van der Waals surface area (Å²) in [6, 6.07) is 13.7. The molecule has 2 heterocycles. The molecular weight excluding hydrogens is 369 g/mol. The first-order valence-electron chi connectivity index (χ1n) is 9.90. The highest BCUT2D eigenvalue weighted by molar-refractivity contribution is 6.06. The molecule has 1 aliphatic rings. The lowest BCUT2D eigenvalue weighted by Crippen LogP contribution is -2.32. The van der Waals surface area contributed by atoms with Crippen LogP contribution >= 0.6 is 0 Å². The fraction of sp³-hybridized carbons (Fsp3) is 0.304. The minimum absolute atomic E-state index is 0.127. The monoisotopic (exact) mass is 393 g/mol. The number of nitrogens with one attached hydrogen (secondary N) is 1. The third kappa shape index (κ3) is 4.71. The number of carbonyl (C=O) groups is 1. The Morgan fingerprint density at radius 3 is 2.69 bits per heavy atom. The summed E-state index contributed by atoms with van der Waals surface area (Å²) in [5.41, 5.74) is 2.50. The van der Waals surface area contributed by atoms with Crippen LogP contribution in [0.4, 0.5) is 10.1 Å². The first-order chi connectivity index (χ1) is 14.1. The smallest absolute Gasteiger partial charge is 0.278 e. The molecule has 1 saturated heterocycles. The molecule has 1 aromatic heterocycles. The molecule has 3 aromatic rings. The summed E-state index contributed by atoms with van der Waals surface area (Å²) in [5.74, 6) is 0.273. The molecule has 0 atom stereocenters. The second-order valence-corrected chi connectivity index (χ2v) is 7.65. The molecule has 2 aromatic carbocycles. The number of piperidine rings is 1. The van der Waals surface area contributed by atoms with E-state index in [0.29, 0.717) is 11.3 Å². The van der Waals surface area contributed by atoms with Gasteiger partial charge in [-0.2, -0.15) is 0 Å². The number of likely N-dealkylation sites (tertiary alicyclic amines) is 1. The van der Waals surface area contributed by atoms with E-state index in [-0.39, 0.29) is 11.5 Å². The Hall–Kier alpha value is -2.99. The molecular formula is C23H24FN3O2. The van der Waals surface area contributed by atoms with Crippen molar-refractivity contribution in [3.63, 3.8) is 0 Å². The number of oxazole rings is 1. The van der Waals surface area contributed by atoms with Crippen molar-refractivity contribution in [2.45, 2.75) is 26.3 Å². The highest BCUT2D eigenvalue weighted by Gasteiger charge is 2.19. The predicted molar refractivity (Wildman–Crippen MR) is 110 cm³/mol. The number of carbonyl (C=O) groups excluding carboxylic acids is 1. The molecule has 1 aliphatic heterocycles. The Kier molecular flexibility index (Phi) is 5.71. The summed E-state index contributed by atoms with van der Waals surface area (Å²) in [4.78, 5) is 19.1. The summed E-state index contributed by atoms with van der Waals surface area (Å²) < 4.78 is 18.8. The summed E-state index contributed by atoms with van der Waals surface area (Å²) >= 11 is 0. The maximum Gasteiger partial charge on any atom is 0.278 e. The maximum atomic E-state index is 13.5. The standard InChI is InChI=1S/C23H24FN3O2/c1-16-9-11-27(12-10-16)14-17-5-7-20(8-6-17)26-23(28)21-22(29-15-25-21)18-3-2-4-19(24)13-18/h2-8,13,15-16H,9-12,14H2,1H3,(H,26,28). The number of rotatable bonds is 5. The van der Waals surface area contributed by atoms with Gasteiger partial charge in [-0.05, 0) is 61.7 Å². The van der Waals surface area contributed by atoms with Crippen molar-refractivity contribution in [3.8, 4) is 11.3 Å². The highest BCUT2D eigenvalue weighted by atomic mass is 19.1. The number of amides is 1. The second-order valence-electron chi connectivity index (χ2n) is 7.65. The van der Waals surface area contributed by atoms with E-state index in [1.165, 1.54) is 36.9 Å². The van der Waals surface area contributed by atoms with E-state index in [9.17, 15) is 9.18 Å². The number of anilines is 1. The molecule has 0 saturated carbocycles. The van der Waals surface area contributed by atoms with Gasteiger partial charge < -0.3 is 9.73 Å². The van der Waals surface area contributed by atoms with E-state index in [1.807, 2.05) is 24.3 Å². The zero-order valence-corrected chi connectivity index (χ0v) is 16.4. The number of nitrogens with zero attached hydrogens (tertiary/aromatic N) is 2. The Bertz CT molecular complexity index is 976. The molecule has 0 unspecified atom stereocenters. The fourth-order valence-corrected chi connectivity index (χ4v) is 3.60. The van der Waals surface area contributed by atoms with Crippen LogP contribution < -0.4 is 5.32 Å². The van der Waals surface area contributed by atoms with E-state index in [0.717, 1.165) is 25.6 Å². The number of hydrogen-bond acceptors (Lipinski definition) is 4. The molecule has 0 bridgehead atoms. The van der Waals surface area contributed by atoms with Crippen LogP contribution in [0.1, 0.15) is 35.8 Å². The van der Waals surface area contributed by atoms with Crippen LogP contribution in [0, 0.1) is 11.7 Å². The van der Waals surface area contributed by atoms with Crippen LogP contribution in [0.2, 0.25) is 0 Å². The second kappa shape index (κ2) is 8.57. The molecule has 5 nitrogen and oxygen atoms in total. The topological polar surface area (TPSA) is 58.4 Å². The van der Waals surface area contributed by atoms with Crippen molar-refractivity contribution in [1.29, 1.82) is 0 Å². The molecule has 0 radical (unpaired) electrons. The first kappa shape index (κ1) is 19.3. The van der Waals surface area contributed by atoms with Crippen molar-refractivity contribution in [3.05, 3.63) is 72.0 Å². The maximum absolute atomic E-state index is 13.5. The van der Waals surface area contributed by atoms with Crippen molar-refractivity contribution in [2.24, 2.45) is 5.92 Å². The minimum atomic E-state index is -0.399. The van der Waals surface area contributed by atoms with Gasteiger partial charge in [0.05, 0.1) is 0 Å². The van der Waals surface area contributed by atoms with E-state index >= 15 is 0 Å². The van der Waals surface area contributed by atoms with Gasteiger partial charge in [0.15, 0.2) is 17.8 Å². The van der Waals surface area contributed by atoms with Gasteiger partial charge in [0.25, 0.3) is 5.91 Å². The first-order valence-corrected chi connectivity index (χ1v) is 9.90. The lowest BCUT2D eigenvalue weighted by atomic mass is 9.99. The lowest BCUT2D eigenvalue weighted by Gasteiger charge is -2.30. The minimum Gasteiger partial charge on any atom is -0.443 e. The highest BCUT2D eigenvalue weighted by Crippen LogP contribution is 2.25. The van der Waals surface area contributed by atoms with Gasteiger partial charge >= 0.3 is 0 Å². The Balaban J connectivity index is 1.41. The van der Waals surface area contributed by atoms with E-state index in [2.05, 4.69) is 22.1 Å². The molecule has 4 rings (SSSR count). The fourth-order valence-electron chi connectivity index (χ4n) is 3.60. The van der Waals surface area contributed by atoms with Gasteiger partial charge in [0.2, 0.25) is 0 Å². The third-order valence-corrected chi connectivity index (χ3v) is 5.36. The quantitative estimate of drug-likeness (QED) is 0.665. The van der Waals surface area contributed by atoms with Crippen molar-refractivity contribution < 1.29 is 13.6 Å². The summed E-state index contributed by atoms with van der Waals surface area (Å²) in [6.45, 7) is 5.50. The molecule has 29 heavy (non-hydrogen) atoms. The van der Waals surface area contributed by atoms with Gasteiger partial charge in [0, 0.05) is 17.8 Å². The zero-order valence-electron chi connectivity index (χ0n) is 16.4. The summed E-state index contributed by atoms with van der Waals surface area (Å²) in [5, 5.41) is 2.84. The van der Waals surface area contributed by atoms with Crippen LogP contribution in [-0.4, -0.2) is 28.9 Å². The summed E-state index contributed by atoms with van der Waals surface area (Å²) in [6.07, 6.45) is 3.69. The third-order valence-electron chi connectivity index (χ3n) is 5.36. The number of hydrogen-bond donors (Lipinski definition) is 1. The van der Waals surface area contributed by atoms with Crippen LogP contribution in [0.25, 0.3) is 11.3 Å². The normalized spacial score (nSPS) is 15.4. The molecule has 0 aliphatic carbocycles. The molecule has 6 heteroatoms. The van der Waals surface area contributed by atoms with Crippen molar-refractivity contribution in [1.82, 2.24) is 9.88 Å². The van der Waals surface area contributed by atoms with Gasteiger partial charge in [-0.15, -0.1) is 0 Å². The van der Waals surface area contributed by atoms with Gasteiger partial charge in [-0.25, -0.2) is 9.37 Å². The van der Waals surface area contributed by atoms with E-state index in [4.69, 9.17) is 4.42 Å². The zero-order chi connectivity index (χ0) is 20.2. The van der Waals surface area contributed by atoms with E-state index in [1.54, 1.807) is 12.1 Å². The Morgan fingerprint density at radius 1 is 1.21 bits per heavy atom. The largest absolute Gasteiger partial charge is 0.443 e. The molecule has 150 valence electrons. The van der Waals surface area contributed by atoms with Gasteiger partial charge in [0.1, 0.15) is 5.82 Å².